The molecule has 2 atom stereocenters. The average molecular weight is 498 g/mol. The molecule has 1 saturated carbocycles. The van der Waals surface area contributed by atoms with Crippen LogP contribution in [0.3, 0.4) is 0 Å². The van der Waals surface area contributed by atoms with E-state index in [1.54, 1.807) is 25.6 Å². The summed E-state index contributed by atoms with van der Waals surface area (Å²) in [4.78, 5) is 0. The van der Waals surface area contributed by atoms with E-state index in [-0.39, 0.29) is 11.9 Å². The van der Waals surface area contributed by atoms with Gasteiger partial charge in [-0.15, -0.1) is 10.2 Å². The molecular formula is C26H32FN5O2S. The topological polar surface area (TPSA) is 80.1 Å². The summed E-state index contributed by atoms with van der Waals surface area (Å²) in [6, 6.07) is 14.5. The van der Waals surface area contributed by atoms with E-state index in [9.17, 15) is 8.42 Å². The first kappa shape index (κ1) is 23.9. The molecule has 2 heterocycles. The van der Waals surface area contributed by atoms with Gasteiger partial charge in [0.1, 0.15) is 23.7 Å². The van der Waals surface area contributed by atoms with Gasteiger partial charge < -0.3 is 9.88 Å². The lowest BCUT2D eigenvalue weighted by Crippen LogP contribution is -2.41. The fraction of sp³-hybridized carbons (Fsp3) is 0.462. The minimum absolute atomic E-state index is 0.277. The van der Waals surface area contributed by atoms with Gasteiger partial charge in [0.25, 0.3) is 0 Å². The van der Waals surface area contributed by atoms with E-state index in [1.807, 2.05) is 36.4 Å². The fourth-order valence-electron chi connectivity index (χ4n) is 5.55. The molecule has 0 bridgehead atoms. The number of halogens is 1. The summed E-state index contributed by atoms with van der Waals surface area (Å²) in [5, 5.41) is 10.7. The first-order valence-corrected chi connectivity index (χ1v) is 13.9. The van der Waals surface area contributed by atoms with Crippen LogP contribution in [0.1, 0.15) is 73.9 Å². The third-order valence-corrected chi connectivity index (χ3v) is 9.89. The number of benzene rings is 2. The maximum absolute atomic E-state index is 15.3. The summed E-state index contributed by atoms with van der Waals surface area (Å²) < 4.78 is 45.7. The molecule has 2 aromatic carbocycles. The van der Waals surface area contributed by atoms with Crippen molar-refractivity contribution in [2.75, 3.05) is 11.9 Å². The standard InChI is InChI=1S/C26H32FN5O2S/c1-19(32-15-5-8-26(35(32,33)34)20-6-3-2-4-7-20)24-14-11-22(16-25(24)27)30-21-9-12-23(13-10-21)31-17-28-29-18-31/h2-4,6-7,11,14,16-19,21,23,26,30H,5,8-10,12-13,15H2,1H3. The summed E-state index contributed by atoms with van der Waals surface area (Å²) in [7, 11) is -3.60. The molecule has 186 valence electrons. The van der Waals surface area contributed by atoms with Crippen molar-refractivity contribution in [1.82, 2.24) is 19.1 Å². The molecule has 1 aromatic heterocycles. The molecule has 1 aliphatic heterocycles. The van der Waals surface area contributed by atoms with Crippen LogP contribution >= 0.6 is 0 Å². The molecule has 1 saturated heterocycles. The van der Waals surface area contributed by atoms with Crippen LogP contribution in [0, 0.1) is 5.82 Å². The van der Waals surface area contributed by atoms with Crippen LogP contribution < -0.4 is 5.32 Å². The van der Waals surface area contributed by atoms with Gasteiger partial charge in [0.05, 0.1) is 0 Å². The molecule has 0 spiro atoms. The maximum Gasteiger partial charge on any atom is 0.221 e. The van der Waals surface area contributed by atoms with Gasteiger partial charge in [0, 0.05) is 35.9 Å². The number of hydrogen-bond acceptors (Lipinski definition) is 5. The second kappa shape index (κ2) is 10.1. The lowest BCUT2D eigenvalue weighted by molar-refractivity contribution is 0.303. The maximum atomic E-state index is 15.3. The molecule has 9 heteroatoms. The highest BCUT2D eigenvalue weighted by molar-refractivity contribution is 7.89. The van der Waals surface area contributed by atoms with Gasteiger partial charge in [-0.3, -0.25) is 0 Å². The van der Waals surface area contributed by atoms with Crippen molar-refractivity contribution >= 4 is 15.7 Å². The summed E-state index contributed by atoms with van der Waals surface area (Å²) in [6.45, 7) is 2.19. The van der Waals surface area contributed by atoms with Crippen molar-refractivity contribution in [1.29, 1.82) is 0 Å². The van der Waals surface area contributed by atoms with Crippen LogP contribution in [-0.2, 0) is 10.0 Å². The highest BCUT2D eigenvalue weighted by Crippen LogP contribution is 2.39. The van der Waals surface area contributed by atoms with E-state index in [2.05, 4.69) is 20.1 Å². The number of aromatic nitrogens is 3. The van der Waals surface area contributed by atoms with Crippen LogP contribution in [-0.4, -0.2) is 40.1 Å². The first-order chi connectivity index (χ1) is 16.9. The van der Waals surface area contributed by atoms with Gasteiger partial charge in [-0.2, -0.15) is 4.31 Å². The van der Waals surface area contributed by atoms with Gasteiger partial charge in [-0.25, -0.2) is 12.8 Å². The number of sulfonamides is 1. The van der Waals surface area contributed by atoms with Crippen LogP contribution in [0.5, 0.6) is 0 Å². The van der Waals surface area contributed by atoms with Crippen LogP contribution in [0.4, 0.5) is 10.1 Å². The van der Waals surface area contributed by atoms with Crippen molar-refractivity contribution < 1.29 is 12.8 Å². The molecule has 1 aliphatic carbocycles. The third kappa shape index (κ3) is 4.97. The quantitative estimate of drug-likeness (QED) is 0.504. The molecule has 2 fully saturated rings. The van der Waals surface area contributed by atoms with Gasteiger partial charge in [0.15, 0.2) is 0 Å². The summed E-state index contributed by atoms with van der Waals surface area (Å²) in [5.41, 5.74) is 1.93. The van der Waals surface area contributed by atoms with E-state index < -0.39 is 21.3 Å². The number of nitrogens with one attached hydrogen (secondary N) is 1. The Labute approximate surface area is 206 Å². The zero-order chi connectivity index (χ0) is 24.4. The smallest absolute Gasteiger partial charge is 0.221 e. The molecule has 2 aliphatic rings. The normalized spacial score (nSPS) is 25.7. The fourth-order valence-corrected chi connectivity index (χ4v) is 7.78. The van der Waals surface area contributed by atoms with Crippen molar-refractivity contribution in [2.45, 2.75) is 68.8 Å². The Kier molecular flexibility index (Phi) is 6.88. The highest BCUT2D eigenvalue weighted by Gasteiger charge is 2.40. The zero-order valence-corrected chi connectivity index (χ0v) is 20.7. The molecule has 0 radical (unpaired) electrons. The van der Waals surface area contributed by atoms with Crippen LogP contribution in [0.2, 0.25) is 0 Å². The molecule has 5 rings (SSSR count). The van der Waals surface area contributed by atoms with Gasteiger partial charge in [-0.1, -0.05) is 36.4 Å². The van der Waals surface area contributed by atoms with E-state index in [0.29, 0.717) is 24.6 Å². The van der Waals surface area contributed by atoms with Crippen molar-refractivity contribution in [3.63, 3.8) is 0 Å². The van der Waals surface area contributed by atoms with E-state index in [4.69, 9.17) is 0 Å². The zero-order valence-electron chi connectivity index (χ0n) is 19.9. The monoisotopic (exact) mass is 497 g/mol. The van der Waals surface area contributed by atoms with Crippen molar-refractivity contribution in [3.8, 4) is 0 Å². The molecule has 1 N–H and O–H groups in total. The summed E-state index contributed by atoms with van der Waals surface area (Å²) >= 11 is 0. The Hall–Kier alpha value is -2.78. The average Bonchev–Trinajstić information content (AvgIpc) is 3.40. The summed E-state index contributed by atoms with van der Waals surface area (Å²) in [6.07, 6.45) is 8.86. The van der Waals surface area contributed by atoms with Crippen molar-refractivity contribution in [3.05, 3.63) is 78.1 Å². The predicted octanol–water partition coefficient (Wildman–Crippen LogP) is 5.24. The molecule has 35 heavy (non-hydrogen) atoms. The van der Waals surface area contributed by atoms with Gasteiger partial charge >= 0.3 is 0 Å². The predicted molar refractivity (Wildman–Crippen MR) is 134 cm³/mol. The van der Waals surface area contributed by atoms with Gasteiger partial charge in [-0.05, 0) is 63.1 Å². The SMILES string of the molecule is CC(c1ccc(NC2CCC(n3cnnc3)CC2)cc1F)N1CCCC(c2ccccc2)S1(=O)=O. The lowest BCUT2D eigenvalue weighted by Gasteiger charge is -2.36. The second-order valence-corrected chi connectivity index (χ2v) is 11.7. The van der Waals surface area contributed by atoms with E-state index in [0.717, 1.165) is 43.4 Å². The highest BCUT2D eigenvalue weighted by atomic mass is 32.2. The molecule has 0 amide bonds. The second-order valence-electron chi connectivity index (χ2n) is 9.67. The van der Waals surface area contributed by atoms with Crippen LogP contribution in [0.25, 0.3) is 0 Å². The van der Waals surface area contributed by atoms with Crippen LogP contribution in [0.15, 0.2) is 61.2 Å². The number of rotatable bonds is 6. The number of nitrogens with zero attached hydrogens (tertiary/aromatic N) is 4. The Morgan fingerprint density at radius 2 is 1.71 bits per heavy atom. The number of anilines is 1. The Bertz CT molecular complexity index is 1230. The summed E-state index contributed by atoms with van der Waals surface area (Å²) in [5.74, 6) is -0.377. The minimum Gasteiger partial charge on any atom is -0.382 e. The Morgan fingerprint density at radius 1 is 1.00 bits per heavy atom. The van der Waals surface area contributed by atoms with Gasteiger partial charge in [0.2, 0.25) is 10.0 Å². The number of hydrogen-bond donors (Lipinski definition) is 1. The minimum atomic E-state index is -3.60. The molecule has 3 aromatic rings. The van der Waals surface area contributed by atoms with Crippen molar-refractivity contribution in [2.24, 2.45) is 0 Å². The first-order valence-electron chi connectivity index (χ1n) is 12.4. The molecule has 2 unspecified atom stereocenters. The lowest BCUT2D eigenvalue weighted by atomic mass is 9.91. The largest absolute Gasteiger partial charge is 0.382 e. The third-order valence-electron chi connectivity index (χ3n) is 7.51. The Balaban J connectivity index is 1.26. The van der Waals surface area contributed by atoms with E-state index >= 15 is 4.39 Å². The molecule has 7 nitrogen and oxygen atoms in total. The Morgan fingerprint density at radius 3 is 2.40 bits per heavy atom. The molecular weight excluding hydrogens is 465 g/mol. The van der Waals surface area contributed by atoms with E-state index in [1.165, 1.54) is 10.4 Å².